The average Bonchev–Trinajstić information content (AvgIpc) is 3.41. The van der Waals surface area contributed by atoms with Crippen molar-refractivity contribution in [1.82, 2.24) is 19.6 Å². The van der Waals surface area contributed by atoms with Crippen LogP contribution < -0.4 is 0 Å². The maximum Gasteiger partial charge on any atom is 0.435 e. The summed E-state index contributed by atoms with van der Waals surface area (Å²) in [7, 11) is 3.84. The van der Waals surface area contributed by atoms with Crippen LogP contribution in [-0.2, 0) is 24.1 Å². The highest BCUT2D eigenvalue weighted by Crippen LogP contribution is 2.47. The molecule has 3 aromatic rings. The lowest BCUT2D eigenvalue weighted by atomic mass is 9.79. The summed E-state index contributed by atoms with van der Waals surface area (Å²) in [5.41, 5.74) is 1.22. The Balaban J connectivity index is 1.84. The minimum absolute atomic E-state index is 0.0318. The van der Waals surface area contributed by atoms with E-state index >= 15 is 0 Å². The fourth-order valence-electron chi connectivity index (χ4n) is 4.70. The molecule has 2 unspecified atom stereocenters. The minimum atomic E-state index is -4.60. The maximum atomic E-state index is 14.0. The van der Waals surface area contributed by atoms with Gasteiger partial charge in [-0.25, -0.2) is 0 Å². The van der Waals surface area contributed by atoms with Crippen molar-refractivity contribution < 1.29 is 18.0 Å². The van der Waals surface area contributed by atoms with Crippen LogP contribution in [0.4, 0.5) is 13.2 Å². The summed E-state index contributed by atoms with van der Waals surface area (Å²) in [6.45, 7) is 5.03. The van der Waals surface area contributed by atoms with Gasteiger partial charge < -0.3 is 9.80 Å². The van der Waals surface area contributed by atoms with Crippen LogP contribution in [0.5, 0.6) is 0 Å². The zero-order chi connectivity index (χ0) is 26.2. The normalized spacial score (nSPS) is 18.3. The Morgan fingerprint density at radius 1 is 1.25 bits per heavy atom. The second-order valence-electron chi connectivity index (χ2n) is 9.11. The third-order valence-electron chi connectivity index (χ3n) is 6.39. The van der Waals surface area contributed by atoms with Crippen LogP contribution >= 0.6 is 22.9 Å². The summed E-state index contributed by atoms with van der Waals surface area (Å²) in [5.74, 6) is -0.497. The molecule has 192 valence electrons. The molecule has 0 saturated heterocycles. The lowest BCUT2D eigenvalue weighted by molar-refractivity contribution is -0.141. The fourth-order valence-corrected chi connectivity index (χ4v) is 6.03. The van der Waals surface area contributed by atoms with E-state index in [1.54, 1.807) is 30.0 Å². The van der Waals surface area contributed by atoms with Crippen molar-refractivity contribution in [2.45, 2.75) is 45.1 Å². The highest BCUT2D eigenvalue weighted by Gasteiger charge is 2.41. The molecule has 3 heterocycles. The van der Waals surface area contributed by atoms with Crippen molar-refractivity contribution in [3.8, 4) is 11.1 Å². The van der Waals surface area contributed by atoms with Crippen LogP contribution in [0.25, 0.3) is 11.1 Å². The molecule has 1 aliphatic rings. The number of hydrogen-bond donors (Lipinski definition) is 0. The van der Waals surface area contributed by atoms with Gasteiger partial charge in [0.2, 0.25) is 5.91 Å². The van der Waals surface area contributed by atoms with Gasteiger partial charge in [-0.1, -0.05) is 41.9 Å². The lowest BCUT2D eigenvalue weighted by Gasteiger charge is -2.40. The number of halogens is 4. The van der Waals surface area contributed by atoms with E-state index in [0.29, 0.717) is 35.1 Å². The topological polar surface area (TPSA) is 41.4 Å². The molecule has 10 heteroatoms. The van der Waals surface area contributed by atoms with Crippen molar-refractivity contribution in [1.29, 1.82) is 0 Å². The molecule has 1 aromatic carbocycles. The van der Waals surface area contributed by atoms with E-state index in [0.717, 1.165) is 10.4 Å². The summed E-state index contributed by atoms with van der Waals surface area (Å²) in [4.78, 5) is 17.9. The number of hydrogen-bond acceptors (Lipinski definition) is 4. The number of thiophene rings is 1. The summed E-state index contributed by atoms with van der Waals surface area (Å²) in [5, 5.41) is 3.82. The molecule has 2 aromatic heterocycles. The number of alkyl halides is 3. The monoisotopic (exact) mass is 536 g/mol. The summed E-state index contributed by atoms with van der Waals surface area (Å²) < 4.78 is 43.8. The highest BCUT2D eigenvalue weighted by molar-refractivity contribution is 7.16. The molecule has 1 aliphatic heterocycles. The fraction of sp³-hybridized carbons (Fsp3) is 0.385. The number of likely N-dealkylation sites (N-methyl/N-ethyl adjacent to an activating group) is 1. The van der Waals surface area contributed by atoms with Gasteiger partial charge in [0, 0.05) is 47.8 Å². The van der Waals surface area contributed by atoms with Gasteiger partial charge in [0.05, 0.1) is 10.9 Å². The zero-order valence-electron chi connectivity index (χ0n) is 20.5. The van der Waals surface area contributed by atoms with Gasteiger partial charge in [0.15, 0.2) is 5.69 Å². The second-order valence-corrected chi connectivity index (χ2v) is 10.9. The largest absolute Gasteiger partial charge is 0.435 e. The van der Waals surface area contributed by atoms with Gasteiger partial charge in [-0.2, -0.15) is 18.3 Å². The lowest BCUT2D eigenvalue weighted by Crippen LogP contribution is -2.44. The first-order valence-corrected chi connectivity index (χ1v) is 12.8. The van der Waals surface area contributed by atoms with E-state index in [-0.39, 0.29) is 23.4 Å². The van der Waals surface area contributed by atoms with Crippen LogP contribution in [0.3, 0.4) is 0 Å². The molecule has 0 N–H and O–H groups in total. The third kappa shape index (κ3) is 5.23. The van der Waals surface area contributed by atoms with E-state index in [9.17, 15) is 18.0 Å². The number of amides is 1. The average molecular weight is 537 g/mol. The summed E-state index contributed by atoms with van der Waals surface area (Å²) in [6.07, 6.45) is 0.219. The number of rotatable bonds is 6. The molecule has 0 fully saturated rings. The van der Waals surface area contributed by atoms with Gasteiger partial charge in [-0.15, -0.1) is 11.3 Å². The smallest absolute Gasteiger partial charge is 0.330 e. The first kappa shape index (κ1) is 26.4. The molecular weight excluding hydrogens is 509 g/mol. The minimum Gasteiger partial charge on any atom is -0.330 e. The molecule has 5 nitrogen and oxygen atoms in total. The van der Waals surface area contributed by atoms with Crippen molar-refractivity contribution in [2.75, 3.05) is 20.6 Å². The number of nitrogens with zero attached hydrogens (tertiary/aromatic N) is 4. The Morgan fingerprint density at radius 2 is 1.97 bits per heavy atom. The van der Waals surface area contributed by atoms with Gasteiger partial charge in [0.1, 0.15) is 0 Å². The van der Waals surface area contributed by atoms with Crippen LogP contribution in [-0.4, -0.2) is 52.2 Å². The number of aromatic nitrogens is 2. The van der Waals surface area contributed by atoms with Crippen LogP contribution in [0.1, 0.15) is 41.5 Å². The van der Waals surface area contributed by atoms with Crippen LogP contribution in [0.2, 0.25) is 4.34 Å². The number of benzene rings is 1. The summed E-state index contributed by atoms with van der Waals surface area (Å²) in [6, 6.07) is 8.64. The third-order valence-corrected chi connectivity index (χ3v) is 7.65. The number of carbonyl (C=O) groups is 1. The number of carbonyl (C=O) groups excluding carboxylic acids is 1. The highest BCUT2D eigenvalue weighted by atomic mass is 35.5. The molecule has 2 atom stereocenters. The van der Waals surface area contributed by atoms with E-state index in [4.69, 9.17) is 11.6 Å². The van der Waals surface area contributed by atoms with Crippen molar-refractivity contribution in [3.05, 3.63) is 74.7 Å². The first-order valence-electron chi connectivity index (χ1n) is 11.6. The Labute approximate surface area is 217 Å². The van der Waals surface area contributed by atoms with Crippen molar-refractivity contribution in [3.63, 3.8) is 0 Å². The SMILES string of the molecule is CCn1cc(-c2ccccc2C2c3cc(Cl)sc3CN(C(=O)/C=C/CN(C)C)C2C)c(C(F)(F)F)n1. The molecule has 0 radical (unpaired) electrons. The van der Waals surface area contributed by atoms with E-state index in [2.05, 4.69) is 5.10 Å². The predicted octanol–water partition coefficient (Wildman–Crippen LogP) is 6.28. The number of aryl methyl sites for hydroxylation is 1. The van der Waals surface area contributed by atoms with Gasteiger partial charge in [-0.3, -0.25) is 9.48 Å². The van der Waals surface area contributed by atoms with E-state index in [1.807, 2.05) is 50.2 Å². The van der Waals surface area contributed by atoms with E-state index < -0.39 is 11.9 Å². The first-order chi connectivity index (χ1) is 17.0. The molecule has 36 heavy (non-hydrogen) atoms. The maximum absolute atomic E-state index is 14.0. The predicted molar refractivity (Wildman–Crippen MR) is 137 cm³/mol. The van der Waals surface area contributed by atoms with E-state index in [1.165, 1.54) is 22.2 Å². The Kier molecular flexibility index (Phi) is 7.64. The molecule has 0 spiro atoms. The Bertz CT molecular complexity index is 1280. The second kappa shape index (κ2) is 10.4. The molecular formula is C26H28ClF3N4OS. The van der Waals surface area contributed by atoms with Gasteiger partial charge >= 0.3 is 6.18 Å². The standard InChI is InChI=1S/C26H28ClF3N4OS/c1-5-33-14-20(25(31-33)26(28,29)30)17-9-6-7-10-18(17)24-16(2)34(23(35)11-8-12-32(3)4)15-21-19(24)13-22(27)36-21/h6-11,13-14,16,24H,5,12,15H2,1-4H3/b11-8+. The Morgan fingerprint density at radius 3 is 2.64 bits per heavy atom. The summed E-state index contributed by atoms with van der Waals surface area (Å²) >= 11 is 7.79. The van der Waals surface area contributed by atoms with Crippen LogP contribution in [0, 0.1) is 0 Å². The van der Waals surface area contributed by atoms with Crippen LogP contribution in [0.15, 0.2) is 48.7 Å². The quantitative estimate of drug-likeness (QED) is 0.348. The van der Waals surface area contributed by atoms with Gasteiger partial charge in [-0.05, 0) is 50.7 Å². The number of fused-ring (bicyclic) bond motifs is 1. The molecule has 1 amide bonds. The molecule has 4 rings (SSSR count). The van der Waals surface area contributed by atoms with Crippen molar-refractivity contribution in [2.24, 2.45) is 0 Å². The zero-order valence-corrected chi connectivity index (χ0v) is 22.1. The van der Waals surface area contributed by atoms with Gasteiger partial charge in [0.25, 0.3) is 0 Å². The molecule has 0 saturated carbocycles. The molecule has 0 aliphatic carbocycles. The van der Waals surface area contributed by atoms with Crippen molar-refractivity contribution >= 4 is 28.8 Å². The Hall–Kier alpha value is -2.62. The molecule has 0 bridgehead atoms.